The minimum absolute atomic E-state index is 0.0641. The van der Waals surface area contributed by atoms with Gasteiger partial charge in [0.15, 0.2) is 0 Å². The first-order valence-electron chi connectivity index (χ1n) is 7.62. The van der Waals surface area contributed by atoms with Crippen LogP contribution in [0.2, 0.25) is 0 Å². The Balaban J connectivity index is 2.04. The van der Waals surface area contributed by atoms with Gasteiger partial charge in [-0.1, -0.05) is 80.4 Å². The van der Waals surface area contributed by atoms with Gasteiger partial charge in [-0.05, 0) is 34.0 Å². The SMILES string of the molecule is [O-]N([O-])c1ccc([C@@H](Br)[C@@H](Br)c2cccc3ccccc23)c(N(O)O)c1. The summed E-state index contributed by atoms with van der Waals surface area (Å²) in [5.41, 5.74) is 1.21. The van der Waals surface area contributed by atoms with Gasteiger partial charge in [0.1, 0.15) is 5.69 Å². The molecule has 0 bridgehead atoms. The summed E-state index contributed by atoms with van der Waals surface area (Å²) in [5.74, 6) is 0. The van der Waals surface area contributed by atoms with Crippen molar-refractivity contribution in [3.63, 3.8) is 0 Å². The average molecular weight is 482 g/mol. The Hall–Kier alpha value is -1.68. The molecule has 8 heteroatoms. The van der Waals surface area contributed by atoms with Crippen molar-refractivity contribution in [2.24, 2.45) is 0 Å². The summed E-state index contributed by atoms with van der Waals surface area (Å²) in [6.45, 7) is 0. The van der Waals surface area contributed by atoms with Crippen LogP contribution in [0.3, 0.4) is 0 Å². The second kappa shape index (κ2) is 7.91. The molecule has 26 heavy (non-hydrogen) atoms. The molecular weight excluding hydrogens is 468 g/mol. The molecule has 0 radical (unpaired) electrons. The Morgan fingerprint density at radius 3 is 2.15 bits per heavy atom. The summed E-state index contributed by atoms with van der Waals surface area (Å²) in [6.07, 6.45) is 0. The van der Waals surface area contributed by atoms with Crippen LogP contribution in [-0.4, -0.2) is 10.4 Å². The molecule has 0 heterocycles. The highest BCUT2D eigenvalue weighted by molar-refractivity contribution is 9.12. The zero-order valence-corrected chi connectivity index (χ0v) is 16.5. The third-order valence-electron chi connectivity index (χ3n) is 4.11. The third kappa shape index (κ3) is 3.71. The van der Waals surface area contributed by atoms with Crippen LogP contribution in [-0.2, 0) is 0 Å². The van der Waals surface area contributed by atoms with Crippen molar-refractivity contribution in [2.45, 2.75) is 9.65 Å². The second-order valence-corrected chi connectivity index (χ2v) is 7.63. The molecule has 0 aromatic heterocycles. The van der Waals surface area contributed by atoms with E-state index >= 15 is 0 Å². The van der Waals surface area contributed by atoms with Crippen molar-refractivity contribution in [1.82, 2.24) is 0 Å². The van der Waals surface area contributed by atoms with E-state index in [-0.39, 0.29) is 26.3 Å². The van der Waals surface area contributed by atoms with Crippen LogP contribution in [0, 0.1) is 10.4 Å². The summed E-state index contributed by atoms with van der Waals surface area (Å²) in [5, 5.41) is 42.4. The lowest BCUT2D eigenvalue weighted by Crippen LogP contribution is -2.16. The standard InChI is InChI=1S/C18H14Br2N2O4/c19-17(14-7-3-5-11-4-1-2-6-13(11)14)18(20)15-9-8-12(21(23)24)10-16(15)22(25)26/h1-10,17-18,25-26H/q-2/t17-,18+/m0/s1. The Labute approximate surface area is 166 Å². The van der Waals surface area contributed by atoms with Crippen molar-refractivity contribution in [2.75, 3.05) is 10.5 Å². The maximum Gasteiger partial charge on any atom is 0.101 e. The molecule has 0 amide bonds. The van der Waals surface area contributed by atoms with Gasteiger partial charge < -0.3 is 15.6 Å². The summed E-state index contributed by atoms with van der Waals surface area (Å²) >= 11 is 7.27. The molecule has 0 fully saturated rings. The van der Waals surface area contributed by atoms with E-state index in [2.05, 4.69) is 31.9 Å². The van der Waals surface area contributed by atoms with Crippen molar-refractivity contribution < 1.29 is 10.4 Å². The van der Waals surface area contributed by atoms with E-state index in [0.29, 0.717) is 5.56 Å². The van der Waals surface area contributed by atoms with Gasteiger partial charge in [-0.2, -0.15) is 0 Å². The van der Waals surface area contributed by atoms with Gasteiger partial charge in [-0.3, -0.25) is 10.4 Å². The van der Waals surface area contributed by atoms with Gasteiger partial charge in [0.2, 0.25) is 0 Å². The lowest BCUT2D eigenvalue weighted by molar-refractivity contribution is 0.0287. The van der Waals surface area contributed by atoms with Crippen LogP contribution in [0.15, 0.2) is 60.7 Å². The van der Waals surface area contributed by atoms with Gasteiger partial charge in [-0.15, -0.1) is 5.23 Å². The fourth-order valence-electron chi connectivity index (χ4n) is 2.86. The largest absolute Gasteiger partial charge is 0.769 e. The molecule has 0 saturated heterocycles. The van der Waals surface area contributed by atoms with E-state index < -0.39 is 5.23 Å². The number of anilines is 2. The lowest BCUT2D eigenvalue weighted by Gasteiger charge is -2.38. The summed E-state index contributed by atoms with van der Waals surface area (Å²) in [6, 6.07) is 17.9. The van der Waals surface area contributed by atoms with E-state index in [1.165, 1.54) is 12.1 Å². The molecule has 3 rings (SSSR count). The number of benzene rings is 3. The van der Waals surface area contributed by atoms with E-state index in [1.54, 1.807) is 0 Å². The topological polar surface area (TPSA) is 93.1 Å². The summed E-state index contributed by atoms with van der Waals surface area (Å²) < 4.78 is 0. The monoisotopic (exact) mass is 480 g/mol. The maximum absolute atomic E-state index is 11.0. The molecule has 136 valence electrons. The van der Waals surface area contributed by atoms with E-state index in [0.717, 1.165) is 22.4 Å². The fourth-order valence-corrected chi connectivity index (χ4v) is 4.21. The maximum atomic E-state index is 11.0. The van der Waals surface area contributed by atoms with Crippen LogP contribution in [0.4, 0.5) is 11.4 Å². The minimum atomic E-state index is -0.587. The first-order valence-corrected chi connectivity index (χ1v) is 9.45. The summed E-state index contributed by atoms with van der Waals surface area (Å²) in [7, 11) is 0. The summed E-state index contributed by atoms with van der Waals surface area (Å²) in [4.78, 5) is -0.584. The molecule has 0 aliphatic heterocycles. The zero-order valence-electron chi connectivity index (χ0n) is 13.3. The number of nitrogens with zero attached hydrogens (tertiary/aromatic N) is 2. The van der Waals surface area contributed by atoms with Gasteiger partial charge in [0.05, 0.1) is 9.65 Å². The van der Waals surface area contributed by atoms with Crippen molar-refractivity contribution in [3.8, 4) is 0 Å². The highest BCUT2D eigenvalue weighted by Crippen LogP contribution is 2.47. The van der Waals surface area contributed by atoms with Crippen LogP contribution >= 0.6 is 31.9 Å². The predicted octanol–water partition coefficient (Wildman–Crippen LogP) is 5.80. The van der Waals surface area contributed by atoms with Crippen molar-refractivity contribution in [1.29, 1.82) is 0 Å². The fraction of sp³-hybridized carbons (Fsp3) is 0.111. The highest BCUT2D eigenvalue weighted by atomic mass is 79.9. The van der Waals surface area contributed by atoms with E-state index in [4.69, 9.17) is 0 Å². The quantitative estimate of drug-likeness (QED) is 0.353. The first-order chi connectivity index (χ1) is 12.4. The number of fused-ring (bicyclic) bond motifs is 1. The third-order valence-corrected chi connectivity index (χ3v) is 6.87. The Morgan fingerprint density at radius 1 is 0.808 bits per heavy atom. The van der Waals surface area contributed by atoms with Crippen molar-refractivity contribution >= 4 is 54.0 Å². The molecule has 3 aromatic carbocycles. The molecule has 3 aromatic rings. The van der Waals surface area contributed by atoms with Gasteiger partial charge in [-0.25, -0.2) is 0 Å². The Bertz CT molecular complexity index is 915. The first kappa shape index (κ1) is 19.1. The minimum Gasteiger partial charge on any atom is -0.769 e. The van der Waals surface area contributed by atoms with Gasteiger partial charge >= 0.3 is 0 Å². The van der Waals surface area contributed by atoms with Crippen LogP contribution < -0.4 is 10.5 Å². The number of hydrogen-bond acceptors (Lipinski definition) is 6. The molecular formula is C18H14Br2N2O4-2. The number of alkyl halides is 2. The second-order valence-electron chi connectivity index (χ2n) is 5.66. The average Bonchev–Trinajstić information content (AvgIpc) is 2.65. The predicted molar refractivity (Wildman–Crippen MR) is 109 cm³/mol. The Morgan fingerprint density at radius 2 is 1.46 bits per heavy atom. The number of halogens is 2. The van der Waals surface area contributed by atoms with Crippen molar-refractivity contribution in [3.05, 3.63) is 82.2 Å². The van der Waals surface area contributed by atoms with Crippen LogP contribution in [0.25, 0.3) is 10.8 Å². The Kier molecular flexibility index (Phi) is 5.81. The van der Waals surface area contributed by atoms with E-state index in [9.17, 15) is 20.8 Å². The number of hydrogen-bond donors (Lipinski definition) is 2. The molecule has 2 atom stereocenters. The van der Waals surface area contributed by atoms with Crippen LogP contribution in [0.5, 0.6) is 0 Å². The molecule has 0 saturated carbocycles. The van der Waals surface area contributed by atoms with E-state index in [1.807, 2.05) is 42.5 Å². The molecule has 2 N–H and O–H groups in total. The zero-order chi connectivity index (χ0) is 18.8. The van der Waals surface area contributed by atoms with Gasteiger partial charge in [0.25, 0.3) is 0 Å². The number of rotatable bonds is 5. The molecule has 0 unspecified atom stereocenters. The van der Waals surface area contributed by atoms with Crippen LogP contribution in [0.1, 0.15) is 20.8 Å². The molecule has 0 spiro atoms. The normalized spacial score (nSPS) is 13.5. The lowest BCUT2D eigenvalue weighted by atomic mass is 9.97. The molecule has 0 aliphatic carbocycles. The molecule has 6 nitrogen and oxygen atoms in total. The molecule has 0 aliphatic rings. The highest BCUT2D eigenvalue weighted by Gasteiger charge is 2.25. The van der Waals surface area contributed by atoms with Gasteiger partial charge in [0, 0.05) is 5.69 Å². The smallest absolute Gasteiger partial charge is 0.101 e.